The highest BCUT2D eigenvalue weighted by Gasteiger charge is 2.38. The van der Waals surface area contributed by atoms with E-state index in [1.807, 2.05) is 0 Å². The van der Waals surface area contributed by atoms with Crippen LogP contribution in [0.4, 0.5) is 8.78 Å². The molecule has 6 rings (SSSR count). The molecule has 0 aromatic heterocycles. The van der Waals surface area contributed by atoms with Crippen LogP contribution >= 0.6 is 0 Å². The van der Waals surface area contributed by atoms with Gasteiger partial charge in [0.15, 0.2) is 0 Å². The number of rotatable bonds is 6. The molecule has 0 radical (unpaired) electrons. The van der Waals surface area contributed by atoms with Crippen molar-refractivity contribution in [3.05, 3.63) is 25.3 Å². The average molecular weight is 643 g/mol. The van der Waals surface area contributed by atoms with E-state index in [9.17, 15) is 8.78 Å². The molecule has 2 nitrogen and oxygen atoms in total. The first-order valence-corrected chi connectivity index (χ1v) is 19.5. The molecular weight excluding hydrogens is 562 g/mol. The highest BCUT2D eigenvalue weighted by atomic mass is 19.2. The van der Waals surface area contributed by atoms with E-state index >= 15 is 0 Å². The van der Waals surface area contributed by atoms with Crippen LogP contribution in [-0.2, 0) is 0 Å². The van der Waals surface area contributed by atoms with E-state index in [4.69, 9.17) is 0 Å². The van der Waals surface area contributed by atoms with Crippen LogP contribution in [0.2, 0.25) is 0 Å². The van der Waals surface area contributed by atoms with Gasteiger partial charge in [0.2, 0.25) is 0 Å². The quantitative estimate of drug-likeness (QED) is 0.259. The number of allylic oxidation sites excluding steroid dienone is 2. The lowest BCUT2D eigenvalue weighted by Crippen LogP contribution is -2.34. The minimum atomic E-state index is -1.19. The summed E-state index contributed by atoms with van der Waals surface area (Å²) in [5.41, 5.74) is 0. The normalized spacial score (nSPS) is 44.1. The van der Waals surface area contributed by atoms with E-state index in [1.165, 1.54) is 89.9 Å². The van der Waals surface area contributed by atoms with Gasteiger partial charge in [0.1, 0.15) is 12.3 Å². The molecular formula is C41H80F2O2. The fourth-order valence-electron chi connectivity index (χ4n) is 11.2. The molecule has 0 aromatic carbocycles. The predicted octanol–water partition coefficient (Wildman–Crippen LogP) is 12.2. The van der Waals surface area contributed by atoms with Crippen molar-refractivity contribution < 1.29 is 25.4 Å². The Hall–Kier alpha value is -0.740. The third-order valence-electron chi connectivity index (χ3n) is 14.4. The monoisotopic (exact) mass is 643 g/mol. The fraction of sp³-hybridized carbons (Fsp3) is 0.902. The molecule has 3 unspecified atom stereocenters. The van der Waals surface area contributed by atoms with Gasteiger partial charge in [0, 0.05) is 5.71 Å². The Bertz CT molecular complexity index is 827. The average Bonchev–Trinajstić information content (AvgIpc) is 3.07. The van der Waals surface area contributed by atoms with E-state index in [1.54, 1.807) is 38.5 Å². The molecule has 6 fully saturated rings. The van der Waals surface area contributed by atoms with E-state index < -0.39 is 12.3 Å². The summed E-state index contributed by atoms with van der Waals surface area (Å²) in [6.07, 6.45) is 32.6. The Morgan fingerprint density at radius 2 is 0.667 bits per heavy atom. The van der Waals surface area contributed by atoms with Crippen LogP contribution in [0.1, 0.15) is 160 Å². The Labute approximate surface area is 282 Å². The van der Waals surface area contributed by atoms with Crippen molar-refractivity contribution in [3.63, 3.8) is 0 Å². The molecule has 0 saturated heterocycles. The van der Waals surface area contributed by atoms with Crippen molar-refractivity contribution in [3.8, 4) is 0 Å². The van der Waals surface area contributed by atoms with E-state index in [2.05, 4.69) is 32.2 Å². The number of hydrogen-bond acceptors (Lipinski definition) is 0. The molecule has 0 aliphatic heterocycles. The molecule has 0 heterocycles. The maximum Gasteiger partial charge on any atom is 0.131 e. The summed E-state index contributed by atoms with van der Waals surface area (Å²) in [7, 11) is 0. The lowest BCUT2D eigenvalue weighted by Gasteiger charge is -2.41. The summed E-state index contributed by atoms with van der Waals surface area (Å²) in [5.74, 6) is 9.89. The fourth-order valence-corrected chi connectivity index (χ4v) is 11.2. The number of halogens is 2. The minimum absolute atomic E-state index is 0. The highest BCUT2D eigenvalue weighted by molar-refractivity contribution is 4.91. The summed E-state index contributed by atoms with van der Waals surface area (Å²) in [5, 5.41) is 0. The lowest BCUT2D eigenvalue weighted by atomic mass is 9.65. The zero-order chi connectivity index (χ0) is 30.2. The summed E-state index contributed by atoms with van der Waals surface area (Å²) < 4.78 is 26.9. The molecule has 6 saturated carbocycles. The van der Waals surface area contributed by atoms with Gasteiger partial charge in [-0.25, -0.2) is 8.78 Å². The van der Waals surface area contributed by atoms with Gasteiger partial charge in [-0.15, -0.1) is 13.2 Å². The number of hydrogen-bond donors (Lipinski definition) is 0. The van der Waals surface area contributed by atoms with Gasteiger partial charge < -0.3 is 11.0 Å². The topological polar surface area (TPSA) is 63.0 Å². The Kier molecular flexibility index (Phi) is 16.6. The van der Waals surface area contributed by atoms with Gasteiger partial charge in [0.05, 0.1) is 0 Å². The Morgan fingerprint density at radius 1 is 0.400 bits per heavy atom. The summed E-state index contributed by atoms with van der Waals surface area (Å²) in [6.45, 7) is 10.4. The molecule has 270 valence electrons. The SMILES string of the molecule is C=CC1CCC(C2CCC(C3CCC(C)CC3)CC2)CC1.C=CC1CCC(C2CCC(C3CCC(F)C(F)C3)CC2)CC1.O.O.[HH].[HH].[HH].[HH]. The molecule has 0 amide bonds. The predicted molar refractivity (Wildman–Crippen MR) is 196 cm³/mol. The molecule has 4 heteroatoms. The molecule has 3 atom stereocenters. The van der Waals surface area contributed by atoms with Gasteiger partial charge in [-0.1, -0.05) is 31.9 Å². The molecule has 45 heavy (non-hydrogen) atoms. The van der Waals surface area contributed by atoms with Gasteiger partial charge in [-0.05, 0) is 200 Å². The van der Waals surface area contributed by atoms with Gasteiger partial charge in [0.25, 0.3) is 0 Å². The van der Waals surface area contributed by atoms with Crippen LogP contribution < -0.4 is 0 Å². The zero-order valence-corrected chi connectivity index (χ0v) is 29.1. The van der Waals surface area contributed by atoms with E-state index in [-0.39, 0.29) is 16.7 Å². The first-order chi connectivity index (χ1) is 20.9. The molecule has 0 bridgehead atoms. The summed E-state index contributed by atoms with van der Waals surface area (Å²) >= 11 is 0. The Balaban J connectivity index is 0. The lowest BCUT2D eigenvalue weighted by molar-refractivity contribution is 0.0479. The number of alkyl halides is 2. The van der Waals surface area contributed by atoms with Crippen molar-refractivity contribution >= 4 is 0 Å². The zero-order valence-electron chi connectivity index (χ0n) is 29.1. The molecule has 6 aliphatic carbocycles. The third-order valence-corrected chi connectivity index (χ3v) is 14.4. The van der Waals surface area contributed by atoms with Crippen LogP contribution in [0.15, 0.2) is 25.3 Å². The maximum absolute atomic E-state index is 13.6. The van der Waals surface area contributed by atoms with Gasteiger partial charge in [-0.2, -0.15) is 0 Å². The van der Waals surface area contributed by atoms with Crippen molar-refractivity contribution in [1.29, 1.82) is 0 Å². The third kappa shape index (κ3) is 10.9. The molecule has 0 spiro atoms. The van der Waals surface area contributed by atoms with Crippen molar-refractivity contribution in [2.45, 2.75) is 167 Å². The first-order valence-electron chi connectivity index (χ1n) is 19.5. The van der Waals surface area contributed by atoms with Crippen molar-refractivity contribution in [1.82, 2.24) is 0 Å². The Morgan fingerprint density at radius 3 is 0.978 bits per heavy atom. The van der Waals surface area contributed by atoms with Crippen LogP contribution in [0.5, 0.6) is 0 Å². The second-order valence-corrected chi connectivity index (χ2v) is 16.8. The molecule has 0 aromatic rings. The van der Waals surface area contributed by atoms with Crippen LogP contribution in [0.3, 0.4) is 0 Å². The highest BCUT2D eigenvalue weighted by Crippen LogP contribution is 2.47. The largest absolute Gasteiger partial charge is 0.412 e. The van der Waals surface area contributed by atoms with Gasteiger partial charge in [-0.3, -0.25) is 0 Å². The first kappa shape index (κ1) is 38.7. The van der Waals surface area contributed by atoms with Crippen LogP contribution in [-0.4, -0.2) is 23.3 Å². The van der Waals surface area contributed by atoms with Crippen molar-refractivity contribution in [2.75, 3.05) is 0 Å². The standard InChI is InChI=1S/C21H36.C20H32F2.2H2O.4H2/c1-3-17-6-10-19(11-7-17)21-14-12-20(13-15-21)18-8-4-16(2)5-9-18;1-2-14-3-5-15(6-4-14)16-7-9-17(10-8-16)18-11-12-19(21)20(22)13-18;;;;;;/h3,16-21H,1,4-15H2,2H3;2,14-20H,1,3-13H2;2*1H2;4*1H. The van der Waals surface area contributed by atoms with E-state index in [0.29, 0.717) is 24.7 Å². The molecule has 4 N–H and O–H groups in total. The van der Waals surface area contributed by atoms with Crippen LogP contribution in [0.25, 0.3) is 0 Å². The maximum atomic E-state index is 13.6. The van der Waals surface area contributed by atoms with E-state index in [0.717, 1.165) is 59.7 Å². The smallest absolute Gasteiger partial charge is 0.131 e. The summed E-state index contributed by atoms with van der Waals surface area (Å²) in [4.78, 5) is 0. The summed E-state index contributed by atoms with van der Waals surface area (Å²) in [6, 6.07) is 0. The van der Waals surface area contributed by atoms with Crippen LogP contribution in [0, 0.1) is 65.1 Å². The second-order valence-electron chi connectivity index (χ2n) is 16.8. The molecule has 6 aliphatic rings. The van der Waals surface area contributed by atoms with Gasteiger partial charge >= 0.3 is 0 Å². The van der Waals surface area contributed by atoms with Crippen molar-refractivity contribution in [2.24, 2.45) is 65.1 Å². The minimum Gasteiger partial charge on any atom is -0.412 e. The second kappa shape index (κ2) is 19.3.